The average molecular weight is 286 g/mol. The van der Waals surface area contributed by atoms with Gasteiger partial charge < -0.3 is 21.8 Å². The van der Waals surface area contributed by atoms with Gasteiger partial charge in [-0.1, -0.05) is 0 Å². The van der Waals surface area contributed by atoms with E-state index in [1.165, 1.54) is 0 Å². The molecule has 0 bridgehead atoms. The molecule has 8 heteroatoms. The summed E-state index contributed by atoms with van der Waals surface area (Å²) in [5.74, 6) is 0.605. The van der Waals surface area contributed by atoms with Gasteiger partial charge in [0.1, 0.15) is 5.82 Å². The molecule has 0 spiro atoms. The molecule has 4 rings (SSSR count). The number of rotatable bonds is 2. The lowest BCUT2D eigenvalue weighted by atomic mass is 10.1. The van der Waals surface area contributed by atoms with E-state index in [4.69, 9.17) is 10.7 Å². The van der Waals surface area contributed by atoms with Gasteiger partial charge in [-0.05, 0) is 5.57 Å². The zero-order valence-corrected chi connectivity index (χ0v) is 11.6. The second-order valence-electron chi connectivity index (χ2n) is 5.28. The number of nitrogen functional groups attached to an aromatic ring is 1. The van der Waals surface area contributed by atoms with Crippen molar-refractivity contribution in [2.24, 2.45) is 0 Å². The van der Waals surface area contributed by atoms with E-state index in [0.29, 0.717) is 5.82 Å². The van der Waals surface area contributed by atoms with Crippen LogP contribution in [-0.4, -0.2) is 40.8 Å². The van der Waals surface area contributed by atoms with Crippen LogP contribution >= 0.6 is 0 Å². The predicted molar refractivity (Wildman–Crippen MR) is 80.1 cm³/mol. The molecule has 4 heterocycles. The monoisotopic (exact) mass is 286 g/mol. The van der Waals surface area contributed by atoms with Gasteiger partial charge >= 0.3 is 0 Å². The summed E-state index contributed by atoms with van der Waals surface area (Å²) < 4.78 is 1.69. The van der Waals surface area contributed by atoms with E-state index < -0.39 is 0 Å². The molecule has 0 aromatic carbocycles. The molecule has 1 saturated heterocycles. The first-order valence-electron chi connectivity index (χ1n) is 7.09. The van der Waals surface area contributed by atoms with E-state index in [1.54, 1.807) is 4.52 Å². The van der Waals surface area contributed by atoms with Crippen LogP contribution in [0.4, 0.5) is 5.82 Å². The SMILES string of the molecule is Nc1cc(C2CNCCN2)nc2c(C3=CNNC3)cnn12. The van der Waals surface area contributed by atoms with Gasteiger partial charge in [0.25, 0.3) is 0 Å². The highest BCUT2D eigenvalue weighted by Crippen LogP contribution is 2.23. The molecular formula is C13H18N8. The average Bonchev–Trinajstić information content (AvgIpc) is 3.16. The minimum Gasteiger partial charge on any atom is -0.384 e. The molecule has 2 aromatic rings. The number of nitrogens with one attached hydrogen (secondary N) is 4. The molecule has 2 aromatic heterocycles. The molecule has 0 saturated carbocycles. The fourth-order valence-corrected chi connectivity index (χ4v) is 2.78. The molecule has 2 aliphatic rings. The summed E-state index contributed by atoms with van der Waals surface area (Å²) >= 11 is 0. The van der Waals surface area contributed by atoms with Gasteiger partial charge in [-0.15, -0.1) is 0 Å². The highest BCUT2D eigenvalue weighted by atomic mass is 15.4. The lowest BCUT2D eigenvalue weighted by Gasteiger charge is -2.24. The van der Waals surface area contributed by atoms with Crippen molar-refractivity contribution in [1.82, 2.24) is 36.1 Å². The highest BCUT2D eigenvalue weighted by Gasteiger charge is 2.20. The lowest BCUT2D eigenvalue weighted by molar-refractivity contribution is 0.423. The Morgan fingerprint density at radius 3 is 3.05 bits per heavy atom. The van der Waals surface area contributed by atoms with Crippen LogP contribution in [0.2, 0.25) is 0 Å². The maximum absolute atomic E-state index is 6.14. The minimum absolute atomic E-state index is 0.183. The normalized spacial score (nSPS) is 22.3. The number of nitrogens with two attached hydrogens (primary N) is 1. The van der Waals surface area contributed by atoms with Gasteiger partial charge in [-0.25, -0.2) is 10.4 Å². The molecule has 21 heavy (non-hydrogen) atoms. The maximum Gasteiger partial charge on any atom is 0.165 e. The summed E-state index contributed by atoms with van der Waals surface area (Å²) in [7, 11) is 0. The van der Waals surface area contributed by atoms with Crippen LogP contribution < -0.4 is 27.2 Å². The Hall–Kier alpha value is -2.16. The van der Waals surface area contributed by atoms with Crippen LogP contribution in [0.5, 0.6) is 0 Å². The smallest absolute Gasteiger partial charge is 0.165 e. The number of hydrazine groups is 1. The largest absolute Gasteiger partial charge is 0.384 e. The Morgan fingerprint density at radius 1 is 1.33 bits per heavy atom. The second-order valence-corrected chi connectivity index (χ2v) is 5.28. The molecular weight excluding hydrogens is 268 g/mol. The van der Waals surface area contributed by atoms with Crippen molar-refractivity contribution in [3.8, 4) is 0 Å². The molecule has 2 aliphatic heterocycles. The van der Waals surface area contributed by atoms with E-state index in [9.17, 15) is 0 Å². The number of piperazine rings is 1. The predicted octanol–water partition coefficient (Wildman–Crippen LogP) is -1.01. The van der Waals surface area contributed by atoms with Crippen LogP contribution in [-0.2, 0) is 0 Å². The third-order valence-electron chi connectivity index (χ3n) is 3.89. The van der Waals surface area contributed by atoms with Crippen molar-refractivity contribution in [3.63, 3.8) is 0 Å². The standard InChI is InChI=1S/C13H18N8/c14-12-3-10(11-7-15-1-2-16-11)20-13-9(6-19-21(12)13)8-4-17-18-5-8/h3-4,6,11,15-18H,1-2,5,7,14H2. The van der Waals surface area contributed by atoms with E-state index in [2.05, 4.69) is 26.6 Å². The molecule has 0 aliphatic carbocycles. The zero-order chi connectivity index (χ0) is 14.2. The molecule has 8 nitrogen and oxygen atoms in total. The molecule has 0 amide bonds. The number of anilines is 1. The van der Waals surface area contributed by atoms with Crippen molar-refractivity contribution >= 4 is 17.0 Å². The molecule has 6 N–H and O–H groups in total. The number of aromatic nitrogens is 3. The van der Waals surface area contributed by atoms with Crippen molar-refractivity contribution in [2.45, 2.75) is 6.04 Å². The van der Waals surface area contributed by atoms with Crippen molar-refractivity contribution in [2.75, 3.05) is 31.9 Å². The van der Waals surface area contributed by atoms with Crippen LogP contribution in [0, 0.1) is 0 Å². The van der Waals surface area contributed by atoms with E-state index in [1.807, 2.05) is 18.5 Å². The maximum atomic E-state index is 6.14. The Kier molecular flexibility index (Phi) is 2.99. The quantitative estimate of drug-likeness (QED) is 0.482. The Labute approximate surface area is 121 Å². The zero-order valence-electron chi connectivity index (χ0n) is 11.6. The first-order chi connectivity index (χ1) is 10.3. The minimum atomic E-state index is 0.183. The van der Waals surface area contributed by atoms with Gasteiger partial charge in [0.05, 0.1) is 17.9 Å². The molecule has 1 fully saturated rings. The number of fused-ring (bicyclic) bond motifs is 1. The summed E-state index contributed by atoms with van der Waals surface area (Å²) in [5.41, 5.74) is 16.1. The van der Waals surface area contributed by atoms with Crippen LogP contribution in [0.25, 0.3) is 11.2 Å². The number of hydrogen-bond acceptors (Lipinski definition) is 7. The first kappa shape index (κ1) is 12.6. The van der Waals surface area contributed by atoms with Crippen LogP contribution in [0.15, 0.2) is 18.5 Å². The van der Waals surface area contributed by atoms with Gasteiger partial charge in [0, 0.05) is 44.0 Å². The van der Waals surface area contributed by atoms with Crippen LogP contribution in [0.3, 0.4) is 0 Å². The third-order valence-corrected chi connectivity index (χ3v) is 3.89. The van der Waals surface area contributed by atoms with E-state index >= 15 is 0 Å². The van der Waals surface area contributed by atoms with Gasteiger partial charge in [-0.3, -0.25) is 0 Å². The van der Waals surface area contributed by atoms with Crippen molar-refractivity contribution in [3.05, 3.63) is 29.7 Å². The molecule has 0 radical (unpaired) electrons. The summed E-state index contributed by atoms with van der Waals surface area (Å²) in [5, 5.41) is 11.2. The summed E-state index contributed by atoms with van der Waals surface area (Å²) in [6.45, 7) is 3.52. The molecule has 110 valence electrons. The Morgan fingerprint density at radius 2 is 2.29 bits per heavy atom. The Balaban J connectivity index is 1.80. The molecule has 1 atom stereocenters. The van der Waals surface area contributed by atoms with E-state index in [0.717, 1.165) is 48.7 Å². The van der Waals surface area contributed by atoms with Crippen LogP contribution in [0.1, 0.15) is 17.3 Å². The van der Waals surface area contributed by atoms with Gasteiger partial charge in [0.2, 0.25) is 0 Å². The number of nitrogens with zero attached hydrogens (tertiary/aromatic N) is 3. The fourth-order valence-electron chi connectivity index (χ4n) is 2.78. The van der Waals surface area contributed by atoms with Gasteiger partial charge in [0.15, 0.2) is 5.65 Å². The third kappa shape index (κ3) is 2.13. The lowest BCUT2D eigenvalue weighted by Crippen LogP contribution is -2.43. The first-order valence-corrected chi connectivity index (χ1v) is 7.09. The van der Waals surface area contributed by atoms with Gasteiger partial charge in [-0.2, -0.15) is 9.61 Å². The summed E-state index contributed by atoms with van der Waals surface area (Å²) in [6.07, 6.45) is 3.75. The number of hydrogen-bond donors (Lipinski definition) is 5. The summed E-state index contributed by atoms with van der Waals surface area (Å²) in [6, 6.07) is 2.08. The topological polar surface area (TPSA) is 104 Å². The molecule has 1 unspecified atom stereocenters. The van der Waals surface area contributed by atoms with E-state index in [-0.39, 0.29) is 6.04 Å². The fraction of sp³-hybridized carbons (Fsp3) is 0.385. The highest BCUT2D eigenvalue weighted by molar-refractivity contribution is 5.78. The summed E-state index contributed by atoms with van der Waals surface area (Å²) in [4.78, 5) is 4.79. The second kappa shape index (κ2) is 4.99. The van der Waals surface area contributed by atoms with Crippen molar-refractivity contribution in [1.29, 1.82) is 0 Å². The Bertz CT molecular complexity index is 698. The van der Waals surface area contributed by atoms with Crippen molar-refractivity contribution < 1.29 is 0 Å².